The van der Waals surface area contributed by atoms with Crippen molar-refractivity contribution in [2.24, 2.45) is 34.5 Å². The minimum absolute atomic E-state index is 0.0864. The molecule has 26 heavy (non-hydrogen) atoms. The van der Waals surface area contributed by atoms with Crippen molar-refractivity contribution in [3.8, 4) is 0 Å². The van der Waals surface area contributed by atoms with Gasteiger partial charge in [0.2, 0.25) is 0 Å². The molecule has 0 saturated heterocycles. The highest BCUT2D eigenvalue weighted by Crippen LogP contribution is 2.62. The van der Waals surface area contributed by atoms with E-state index in [0.29, 0.717) is 17.3 Å². The molecule has 0 unspecified atom stereocenters. The van der Waals surface area contributed by atoms with E-state index in [1.54, 1.807) is 6.92 Å². The van der Waals surface area contributed by atoms with Crippen LogP contribution in [0.25, 0.3) is 0 Å². The lowest BCUT2D eigenvalue weighted by Crippen LogP contribution is -2.53. The molecule has 0 spiro atoms. The van der Waals surface area contributed by atoms with Crippen LogP contribution in [-0.4, -0.2) is 12.1 Å². The summed E-state index contributed by atoms with van der Waals surface area (Å²) in [6.07, 6.45) is 11.3. The van der Waals surface area contributed by atoms with Gasteiger partial charge in [0.05, 0.1) is 0 Å². The van der Waals surface area contributed by atoms with Crippen LogP contribution in [0.4, 0.5) is 0 Å². The highest BCUT2D eigenvalue weighted by Gasteiger charge is 2.57. The summed E-state index contributed by atoms with van der Waals surface area (Å²) < 4.78 is 6.12. The summed E-state index contributed by atoms with van der Waals surface area (Å²) in [5.41, 5.74) is 1.88. The van der Waals surface area contributed by atoms with Crippen LogP contribution in [0.5, 0.6) is 0 Å². The highest BCUT2D eigenvalue weighted by atomic mass is 16.5. The van der Waals surface area contributed by atoms with E-state index in [0.717, 1.165) is 24.7 Å². The summed E-state index contributed by atoms with van der Waals surface area (Å²) in [5.74, 6) is 2.50. The topological polar surface area (TPSA) is 26.3 Å². The van der Waals surface area contributed by atoms with Crippen molar-refractivity contribution < 1.29 is 9.53 Å². The Morgan fingerprint density at radius 3 is 2.58 bits per heavy atom. The second-order valence-electron chi connectivity index (χ2n) is 10.3. The zero-order valence-electron chi connectivity index (χ0n) is 17.8. The molecule has 0 aliphatic heterocycles. The molecule has 0 aromatic heterocycles. The van der Waals surface area contributed by atoms with Crippen LogP contribution < -0.4 is 0 Å². The van der Waals surface area contributed by atoms with Crippen molar-refractivity contribution in [1.82, 2.24) is 0 Å². The second kappa shape index (κ2) is 7.32. The molecule has 2 heteroatoms. The van der Waals surface area contributed by atoms with E-state index in [-0.39, 0.29) is 17.5 Å². The van der Waals surface area contributed by atoms with E-state index < -0.39 is 0 Å². The number of allylic oxidation sites excluding steroid dienone is 1. The molecular formula is C24H40O2. The van der Waals surface area contributed by atoms with E-state index in [1.807, 2.05) is 0 Å². The van der Waals surface area contributed by atoms with Gasteiger partial charge in [-0.3, -0.25) is 4.79 Å². The third-order valence-corrected chi connectivity index (χ3v) is 8.73. The third-order valence-electron chi connectivity index (χ3n) is 8.73. The summed E-state index contributed by atoms with van der Waals surface area (Å²) in [4.78, 5) is 12.0. The Balaban J connectivity index is 1.93. The summed E-state index contributed by atoms with van der Waals surface area (Å²) in [7, 11) is 0. The van der Waals surface area contributed by atoms with E-state index in [4.69, 9.17) is 4.74 Å². The second-order valence-corrected chi connectivity index (χ2v) is 10.3. The van der Waals surface area contributed by atoms with E-state index in [1.165, 1.54) is 50.5 Å². The Hall–Kier alpha value is -0.790. The SMILES string of the molecule is C=C1CC[C@H]2[C@H](OC(C)=O)[C@@H]([C@@]3(C)CC[C@H](C)C[C@@H]3CCC)CC[C@]12C. The number of esters is 1. The summed E-state index contributed by atoms with van der Waals surface area (Å²) in [6.45, 7) is 15.7. The van der Waals surface area contributed by atoms with Gasteiger partial charge in [0, 0.05) is 18.8 Å². The van der Waals surface area contributed by atoms with Gasteiger partial charge < -0.3 is 4.74 Å². The lowest BCUT2D eigenvalue weighted by Gasteiger charge is -2.56. The van der Waals surface area contributed by atoms with Crippen molar-refractivity contribution >= 4 is 5.97 Å². The lowest BCUT2D eigenvalue weighted by molar-refractivity contribution is -0.172. The Morgan fingerprint density at radius 2 is 1.92 bits per heavy atom. The Bertz CT molecular complexity index is 552. The molecule has 3 fully saturated rings. The van der Waals surface area contributed by atoms with E-state index in [9.17, 15) is 4.79 Å². The molecule has 0 aromatic rings. The largest absolute Gasteiger partial charge is 0.462 e. The molecule has 7 atom stereocenters. The minimum Gasteiger partial charge on any atom is -0.462 e. The van der Waals surface area contributed by atoms with Gasteiger partial charge in [0.25, 0.3) is 0 Å². The lowest BCUT2D eigenvalue weighted by atomic mass is 9.50. The Labute approximate surface area is 161 Å². The molecule has 148 valence electrons. The van der Waals surface area contributed by atoms with Gasteiger partial charge in [-0.25, -0.2) is 0 Å². The molecule has 0 aromatic carbocycles. The van der Waals surface area contributed by atoms with Crippen LogP contribution in [0.1, 0.15) is 92.4 Å². The Morgan fingerprint density at radius 1 is 1.19 bits per heavy atom. The average molecular weight is 361 g/mol. The number of rotatable bonds is 4. The van der Waals surface area contributed by atoms with Crippen molar-refractivity contribution in [3.05, 3.63) is 12.2 Å². The molecule has 0 amide bonds. The first-order valence-corrected chi connectivity index (χ1v) is 11.1. The highest BCUT2D eigenvalue weighted by molar-refractivity contribution is 5.66. The van der Waals surface area contributed by atoms with Gasteiger partial charge in [-0.1, -0.05) is 59.1 Å². The molecule has 3 aliphatic rings. The zero-order chi connectivity index (χ0) is 19.1. The predicted octanol–water partition coefficient (Wildman–Crippen LogP) is 6.54. The van der Waals surface area contributed by atoms with Gasteiger partial charge in [0.1, 0.15) is 6.10 Å². The molecule has 3 aliphatic carbocycles. The van der Waals surface area contributed by atoms with Crippen LogP contribution in [0.3, 0.4) is 0 Å². The average Bonchev–Trinajstić information content (AvgIpc) is 2.87. The van der Waals surface area contributed by atoms with Crippen LogP contribution >= 0.6 is 0 Å². The molecular weight excluding hydrogens is 320 g/mol. The summed E-state index contributed by atoms with van der Waals surface area (Å²) in [5, 5.41) is 0. The molecule has 0 bridgehead atoms. The quantitative estimate of drug-likeness (QED) is 0.420. The summed E-state index contributed by atoms with van der Waals surface area (Å²) in [6, 6.07) is 0. The maximum absolute atomic E-state index is 12.0. The first kappa shape index (κ1) is 20.0. The maximum Gasteiger partial charge on any atom is 0.302 e. The number of fused-ring (bicyclic) bond motifs is 1. The minimum atomic E-state index is -0.0958. The summed E-state index contributed by atoms with van der Waals surface area (Å²) >= 11 is 0. The predicted molar refractivity (Wildman–Crippen MR) is 108 cm³/mol. The van der Waals surface area contributed by atoms with Crippen LogP contribution in [0.2, 0.25) is 0 Å². The van der Waals surface area contributed by atoms with Gasteiger partial charge >= 0.3 is 5.97 Å². The van der Waals surface area contributed by atoms with Gasteiger partial charge in [0.15, 0.2) is 0 Å². The standard InChI is InChI=1S/C24H40O2/c1-7-8-19-15-16(2)11-13-24(19,6)21-12-14-23(5)17(3)9-10-20(23)22(21)26-18(4)25/h16,19-22H,3,7-15H2,1-2,4-6H3/t16-,19-,20-,21-,22-,23+,24-/m0/s1. The molecule has 0 heterocycles. The maximum atomic E-state index is 12.0. The molecule has 2 nitrogen and oxygen atoms in total. The number of ether oxygens (including phenoxy) is 1. The van der Waals surface area contributed by atoms with Crippen molar-refractivity contribution in [1.29, 1.82) is 0 Å². The molecule has 3 rings (SSSR count). The number of carbonyl (C=O) groups is 1. The first-order chi connectivity index (χ1) is 12.2. The number of hydrogen-bond acceptors (Lipinski definition) is 2. The smallest absolute Gasteiger partial charge is 0.302 e. The van der Waals surface area contributed by atoms with Crippen LogP contribution in [0.15, 0.2) is 12.2 Å². The van der Waals surface area contributed by atoms with Crippen molar-refractivity contribution in [2.75, 3.05) is 0 Å². The molecule has 0 radical (unpaired) electrons. The third kappa shape index (κ3) is 3.27. The number of carbonyl (C=O) groups excluding carboxylic acids is 1. The van der Waals surface area contributed by atoms with Gasteiger partial charge in [-0.2, -0.15) is 0 Å². The van der Waals surface area contributed by atoms with E-state index >= 15 is 0 Å². The van der Waals surface area contributed by atoms with Gasteiger partial charge in [-0.15, -0.1) is 0 Å². The fraction of sp³-hybridized carbons (Fsp3) is 0.875. The fourth-order valence-corrected chi connectivity index (χ4v) is 6.96. The first-order valence-electron chi connectivity index (χ1n) is 11.1. The van der Waals surface area contributed by atoms with Gasteiger partial charge in [-0.05, 0) is 61.2 Å². The molecule has 0 N–H and O–H groups in total. The van der Waals surface area contributed by atoms with Crippen molar-refractivity contribution in [3.63, 3.8) is 0 Å². The monoisotopic (exact) mass is 360 g/mol. The number of hydrogen-bond donors (Lipinski definition) is 0. The van der Waals surface area contributed by atoms with E-state index in [2.05, 4.69) is 34.3 Å². The zero-order valence-corrected chi connectivity index (χ0v) is 17.8. The van der Waals surface area contributed by atoms with Crippen molar-refractivity contribution in [2.45, 2.75) is 98.5 Å². The normalized spacial score (nSPS) is 46.0. The van der Waals surface area contributed by atoms with Crippen LogP contribution in [0, 0.1) is 34.5 Å². The molecule has 3 saturated carbocycles. The van der Waals surface area contributed by atoms with Crippen LogP contribution in [-0.2, 0) is 9.53 Å². The fourth-order valence-electron chi connectivity index (χ4n) is 6.96. The Kier molecular flexibility index (Phi) is 5.62.